The Morgan fingerprint density at radius 1 is 1.53 bits per heavy atom. The van der Waals surface area contributed by atoms with Gasteiger partial charge in [-0.05, 0) is 24.6 Å². The minimum absolute atomic E-state index is 0.0604. The lowest BCUT2D eigenvalue weighted by atomic mass is 10.2. The van der Waals surface area contributed by atoms with Crippen LogP contribution in [0.1, 0.15) is 18.9 Å². The Balaban J connectivity index is 2.01. The van der Waals surface area contributed by atoms with Gasteiger partial charge < -0.3 is 15.6 Å². The lowest BCUT2D eigenvalue weighted by Crippen LogP contribution is -2.24. The molecule has 2 rings (SSSR count). The van der Waals surface area contributed by atoms with Gasteiger partial charge in [0.1, 0.15) is 0 Å². The third-order valence-electron chi connectivity index (χ3n) is 2.64. The number of amides is 1. The molecule has 0 aliphatic heterocycles. The van der Waals surface area contributed by atoms with E-state index >= 15 is 0 Å². The molecule has 0 aliphatic carbocycles. The number of hydrogen-bond acceptors (Lipinski definition) is 3. The Labute approximate surface area is 112 Å². The number of nitrogens with two attached hydrogens (primary N) is 1. The van der Waals surface area contributed by atoms with Gasteiger partial charge in [-0.3, -0.25) is 4.79 Å². The Morgan fingerprint density at radius 3 is 3.05 bits per heavy atom. The van der Waals surface area contributed by atoms with Crippen LogP contribution in [0.3, 0.4) is 0 Å². The van der Waals surface area contributed by atoms with Crippen LogP contribution in [0.25, 0.3) is 0 Å². The zero-order valence-electron chi connectivity index (χ0n) is 10.9. The van der Waals surface area contributed by atoms with Crippen LogP contribution in [-0.4, -0.2) is 21.5 Å². The highest BCUT2D eigenvalue weighted by Crippen LogP contribution is 2.12. The van der Waals surface area contributed by atoms with Gasteiger partial charge in [-0.2, -0.15) is 0 Å². The first-order valence-electron chi connectivity index (χ1n) is 6.23. The molecule has 0 radical (unpaired) electrons. The highest BCUT2D eigenvalue weighted by atomic mass is 16.1. The molecule has 0 saturated heterocycles. The van der Waals surface area contributed by atoms with Gasteiger partial charge in [0.05, 0.1) is 6.33 Å². The second kappa shape index (κ2) is 6.15. The molecule has 19 heavy (non-hydrogen) atoms. The molecule has 1 unspecified atom stereocenters. The van der Waals surface area contributed by atoms with Crippen molar-refractivity contribution in [2.45, 2.75) is 25.9 Å². The monoisotopic (exact) mass is 258 g/mol. The van der Waals surface area contributed by atoms with Crippen molar-refractivity contribution in [3.05, 3.63) is 48.5 Å². The van der Waals surface area contributed by atoms with Crippen molar-refractivity contribution in [2.75, 3.05) is 5.32 Å². The molecular formula is C14H18N4O. The molecule has 0 fully saturated rings. The maximum absolute atomic E-state index is 11.6. The molecular weight excluding hydrogens is 240 g/mol. The predicted molar refractivity (Wildman–Crippen MR) is 74.7 cm³/mol. The minimum Gasteiger partial charge on any atom is -0.333 e. The molecule has 1 heterocycles. The first-order chi connectivity index (χ1) is 9.13. The van der Waals surface area contributed by atoms with E-state index in [2.05, 4.69) is 10.3 Å². The summed E-state index contributed by atoms with van der Waals surface area (Å²) in [6, 6.07) is 7.64. The van der Waals surface area contributed by atoms with Crippen LogP contribution < -0.4 is 11.1 Å². The van der Waals surface area contributed by atoms with Crippen LogP contribution in [0.5, 0.6) is 0 Å². The Kier molecular flexibility index (Phi) is 4.30. The van der Waals surface area contributed by atoms with E-state index in [1.54, 1.807) is 12.5 Å². The summed E-state index contributed by atoms with van der Waals surface area (Å²) >= 11 is 0. The normalized spacial score (nSPS) is 12.1. The van der Waals surface area contributed by atoms with Gasteiger partial charge in [-0.1, -0.05) is 12.1 Å². The van der Waals surface area contributed by atoms with Crippen LogP contribution in [0.15, 0.2) is 43.0 Å². The van der Waals surface area contributed by atoms with E-state index in [0.29, 0.717) is 6.42 Å². The number of carbonyl (C=O) groups excluding carboxylic acids is 1. The largest absolute Gasteiger partial charge is 0.333 e. The smallest absolute Gasteiger partial charge is 0.225 e. The Morgan fingerprint density at radius 2 is 2.37 bits per heavy atom. The van der Waals surface area contributed by atoms with E-state index in [-0.39, 0.29) is 11.9 Å². The molecule has 1 aromatic carbocycles. The van der Waals surface area contributed by atoms with Crippen molar-refractivity contribution in [1.29, 1.82) is 0 Å². The lowest BCUT2D eigenvalue weighted by molar-refractivity contribution is -0.116. The Bertz CT molecular complexity index is 534. The summed E-state index contributed by atoms with van der Waals surface area (Å²) in [6.45, 7) is 2.55. The highest BCUT2D eigenvalue weighted by Gasteiger charge is 2.05. The van der Waals surface area contributed by atoms with Crippen LogP contribution in [0.2, 0.25) is 0 Å². The maximum atomic E-state index is 11.6. The quantitative estimate of drug-likeness (QED) is 0.855. The molecule has 0 saturated carbocycles. The zero-order chi connectivity index (χ0) is 13.7. The number of benzene rings is 1. The van der Waals surface area contributed by atoms with Gasteiger partial charge >= 0.3 is 0 Å². The average Bonchev–Trinajstić information content (AvgIpc) is 2.81. The molecule has 2 aromatic rings. The fourth-order valence-corrected chi connectivity index (χ4v) is 1.84. The maximum Gasteiger partial charge on any atom is 0.225 e. The first kappa shape index (κ1) is 13.3. The van der Waals surface area contributed by atoms with Crippen molar-refractivity contribution in [1.82, 2.24) is 9.55 Å². The topological polar surface area (TPSA) is 72.9 Å². The molecule has 1 amide bonds. The number of carbonyl (C=O) groups is 1. The lowest BCUT2D eigenvalue weighted by Gasteiger charge is -2.09. The highest BCUT2D eigenvalue weighted by molar-refractivity contribution is 5.91. The van der Waals surface area contributed by atoms with Crippen LogP contribution in [0, 0.1) is 0 Å². The second-order valence-electron chi connectivity index (χ2n) is 4.66. The van der Waals surface area contributed by atoms with E-state index in [0.717, 1.165) is 17.8 Å². The first-order valence-corrected chi connectivity index (χ1v) is 6.23. The molecule has 1 aromatic heterocycles. The Hall–Kier alpha value is -2.14. The molecule has 0 spiro atoms. The summed E-state index contributed by atoms with van der Waals surface area (Å²) in [5.74, 6) is -0.0604. The molecule has 0 bridgehead atoms. The van der Waals surface area contributed by atoms with Gasteiger partial charge in [0.15, 0.2) is 0 Å². The van der Waals surface area contributed by atoms with Gasteiger partial charge in [-0.25, -0.2) is 4.98 Å². The van der Waals surface area contributed by atoms with Gasteiger partial charge in [0.25, 0.3) is 0 Å². The molecule has 100 valence electrons. The van der Waals surface area contributed by atoms with Crippen LogP contribution in [-0.2, 0) is 11.3 Å². The summed E-state index contributed by atoms with van der Waals surface area (Å²) in [6.07, 6.45) is 5.74. The fourth-order valence-electron chi connectivity index (χ4n) is 1.84. The number of aromatic nitrogens is 2. The standard InChI is InChI=1S/C14H18N4O/c1-11(15)7-14(19)17-13-4-2-3-12(8-13)9-18-6-5-16-10-18/h2-6,8,10-11H,7,9,15H2,1H3,(H,17,19). The molecule has 3 N–H and O–H groups in total. The third-order valence-corrected chi connectivity index (χ3v) is 2.64. The van der Waals surface area contributed by atoms with Gasteiger partial charge in [0.2, 0.25) is 5.91 Å². The molecule has 1 atom stereocenters. The van der Waals surface area contributed by atoms with E-state index in [1.807, 2.05) is 42.0 Å². The number of hydrogen-bond donors (Lipinski definition) is 2. The second-order valence-corrected chi connectivity index (χ2v) is 4.66. The summed E-state index contributed by atoms with van der Waals surface area (Å²) in [5, 5.41) is 2.85. The number of nitrogens with one attached hydrogen (secondary N) is 1. The minimum atomic E-state index is -0.130. The summed E-state index contributed by atoms with van der Waals surface area (Å²) < 4.78 is 1.98. The van der Waals surface area contributed by atoms with Crippen molar-refractivity contribution in [3.8, 4) is 0 Å². The molecule has 5 nitrogen and oxygen atoms in total. The average molecular weight is 258 g/mol. The zero-order valence-corrected chi connectivity index (χ0v) is 10.9. The van der Waals surface area contributed by atoms with Crippen molar-refractivity contribution in [3.63, 3.8) is 0 Å². The summed E-state index contributed by atoms with van der Waals surface area (Å²) in [5.41, 5.74) is 7.50. The fraction of sp³-hybridized carbons (Fsp3) is 0.286. The van der Waals surface area contributed by atoms with E-state index in [9.17, 15) is 4.79 Å². The van der Waals surface area contributed by atoms with E-state index in [1.165, 1.54) is 0 Å². The molecule has 5 heteroatoms. The van der Waals surface area contributed by atoms with Crippen molar-refractivity contribution in [2.24, 2.45) is 5.73 Å². The SMILES string of the molecule is CC(N)CC(=O)Nc1cccc(Cn2ccnc2)c1. The summed E-state index contributed by atoms with van der Waals surface area (Å²) in [7, 11) is 0. The number of nitrogens with zero attached hydrogens (tertiary/aromatic N) is 2. The van der Waals surface area contributed by atoms with Crippen LogP contribution >= 0.6 is 0 Å². The number of rotatable bonds is 5. The summed E-state index contributed by atoms with van der Waals surface area (Å²) in [4.78, 5) is 15.6. The van der Waals surface area contributed by atoms with Crippen molar-refractivity contribution < 1.29 is 4.79 Å². The number of imidazole rings is 1. The van der Waals surface area contributed by atoms with E-state index < -0.39 is 0 Å². The molecule has 0 aliphatic rings. The van der Waals surface area contributed by atoms with Crippen molar-refractivity contribution >= 4 is 11.6 Å². The van der Waals surface area contributed by atoms with Gasteiger partial charge in [-0.15, -0.1) is 0 Å². The van der Waals surface area contributed by atoms with Gasteiger partial charge in [0, 0.05) is 37.1 Å². The van der Waals surface area contributed by atoms with E-state index in [4.69, 9.17) is 5.73 Å². The number of anilines is 1. The predicted octanol–water partition coefficient (Wildman–Crippen LogP) is 1.61. The van der Waals surface area contributed by atoms with Crippen LogP contribution in [0.4, 0.5) is 5.69 Å². The third kappa shape index (κ3) is 4.22.